The molecule has 3 heterocycles. The van der Waals surface area contributed by atoms with Crippen molar-refractivity contribution in [2.75, 3.05) is 36.0 Å². The van der Waals surface area contributed by atoms with Crippen molar-refractivity contribution in [3.63, 3.8) is 0 Å². The van der Waals surface area contributed by atoms with Gasteiger partial charge in [-0.1, -0.05) is 5.16 Å². The van der Waals surface area contributed by atoms with Gasteiger partial charge >= 0.3 is 12.2 Å². The molecule has 3 aromatic rings. The summed E-state index contributed by atoms with van der Waals surface area (Å²) in [5.41, 5.74) is 2.76. The Bertz CT molecular complexity index is 1770. The molecule has 2 aliphatic carbocycles. The zero-order valence-corrected chi connectivity index (χ0v) is 26.2. The van der Waals surface area contributed by atoms with Gasteiger partial charge in [0.2, 0.25) is 11.7 Å². The minimum Gasteiger partial charge on any atom is -0.442 e. The highest BCUT2D eigenvalue weighted by Crippen LogP contribution is 2.50. The van der Waals surface area contributed by atoms with Crippen LogP contribution in [-0.4, -0.2) is 67.5 Å². The molecule has 0 spiro atoms. The van der Waals surface area contributed by atoms with Crippen LogP contribution < -0.4 is 20.4 Å². The van der Waals surface area contributed by atoms with Crippen LogP contribution in [0, 0.1) is 13.1 Å². The molecule has 48 heavy (non-hydrogen) atoms. The molecule has 0 bridgehead atoms. The van der Waals surface area contributed by atoms with Crippen molar-refractivity contribution in [2.45, 2.75) is 55.9 Å². The Labute approximate surface area is 276 Å². The predicted molar refractivity (Wildman–Crippen MR) is 171 cm³/mol. The summed E-state index contributed by atoms with van der Waals surface area (Å²) < 4.78 is 15.3. The van der Waals surface area contributed by atoms with Crippen LogP contribution in [-0.2, 0) is 25.3 Å². The van der Waals surface area contributed by atoms with Gasteiger partial charge in [-0.25, -0.2) is 22.7 Å². The highest BCUT2D eigenvalue weighted by atomic mass is 16.6. The molecule has 7 rings (SSSR count). The Morgan fingerprint density at radius 2 is 1.25 bits per heavy atom. The van der Waals surface area contributed by atoms with Gasteiger partial charge in [-0.2, -0.15) is 0 Å². The Balaban J connectivity index is 0.000000170. The molecule has 2 N–H and O–H groups in total. The lowest BCUT2D eigenvalue weighted by atomic mass is 10.1. The highest BCUT2D eigenvalue weighted by Gasteiger charge is 2.53. The molecule has 2 saturated carbocycles. The molecule has 0 radical (unpaired) electrons. The van der Waals surface area contributed by atoms with Gasteiger partial charge in [-0.3, -0.25) is 19.4 Å². The summed E-state index contributed by atoms with van der Waals surface area (Å²) in [4.78, 5) is 57.3. The molecule has 2 aromatic carbocycles. The summed E-state index contributed by atoms with van der Waals surface area (Å²) in [7, 11) is 0. The molecule has 1 aromatic heterocycles. The average Bonchev–Trinajstić information content (AvgIpc) is 3.92. The quantitative estimate of drug-likeness (QED) is 0.323. The number of amides is 4. The van der Waals surface area contributed by atoms with E-state index >= 15 is 0 Å². The molecule has 2 aliphatic heterocycles. The van der Waals surface area contributed by atoms with E-state index in [1.54, 1.807) is 4.90 Å². The number of cyclic esters (lactones) is 2. The Hall–Kier alpha value is -5.89. The topological polar surface area (TPSA) is 152 Å². The van der Waals surface area contributed by atoms with E-state index in [-0.39, 0.29) is 35.4 Å². The van der Waals surface area contributed by atoms with E-state index in [4.69, 9.17) is 27.1 Å². The molecule has 4 fully saturated rings. The molecule has 4 aliphatic rings. The molecule has 2 saturated heterocycles. The molecular formula is C34H33N7O7. The number of nitrogens with one attached hydrogen (secondary N) is 2. The first kappa shape index (κ1) is 32.1. The van der Waals surface area contributed by atoms with Crippen molar-refractivity contribution < 1.29 is 33.2 Å². The fourth-order valence-electron chi connectivity index (χ4n) is 5.63. The number of carbonyl (C=O) groups is 4. The van der Waals surface area contributed by atoms with Crippen LogP contribution in [0.5, 0.6) is 0 Å². The third kappa shape index (κ3) is 6.78. The fourth-order valence-corrected chi connectivity index (χ4v) is 5.63. The highest BCUT2D eigenvalue weighted by molar-refractivity contribution is 5.92. The van der Waals surface area contributed by atoms with Crippen LogP contribution in [0.4, 0.5) is 21.0 Å². The van der Waals surface area contributed by atoms with Crippen molar-refractivity contribution in [2.24, 2.45) is 0 Å². The molecular weight excluding hydrogens is 618 g/mol. The Morgan fingerprint density at radius 1 is 0.792 bits per heavy atom. The van der Waals surface area contributed by atoms with Crippen LogP contribution >= 0.6 is 0 Å². The van der Waals surface area contributed by atoms with E-state index in [0.717, 1.165) is 42.5 Å². The van der Waals surface area contributed by atoms with Crippen molar-refractivity contribution >= 4 is 35.4 Å². The van der Waals surface area contributed by atoms with Crippen LogP contribution in [0.15, 0.2) is 65.3 Å². The largest absolute Gasteiger partial charge is 0.442 e. The van der Waals surface area contributed by atoms with Gasteiger partial charge in [0.25, 0.3) is 17.0 Å². The van der Waals surface area contributed by atoms with Crippen LogP contribution in [0.25, 0.3) is 9.69 Å². The molecule has 2 atom stereocenters. The number of hydrogen-bond acceptors (Lipinski definition) is 8. The normalized spacial score (nSPS) is 21.1. The zero-order chi connectivity index (χ0) is 33.9. The summed E-state index contributed by atoms with van der Waals surface area (Å²) in [6.07, 6.45) is 3.30. The predicted octanol–water partition coefficient (Wildman–Crippen LogP) is 4.39. The number of aromatic nitrogens is 1. The van der Waals surface area contributed by atoms with E-state index in [0.29, 0.717) is 25.3 Å². The van der Waals surface area contributed by atoms with E-state index in [9.17, 15) is 19.2 Å². The standard InChI is InChI=1S/C18H16N4O4.C16H17N3O3/c1-19-18(7-8-18)12-2-4-13(5-3-12)22-11-14(25-17(22)24)10-20-16(23)15-6-9-21-26-15;1-11(20)18-9-14-10-19(15(21)22-14)13-5-3-12(4-6-13)16(17-2)7-8-16/h2-6,9,14H,7-8,10-11H2,(H,20,23);3-6,14H,7-10H2,1H3,(H,18,20)/t2*14-/m00/s1. The average molecular weight is 652 g/mol. The van der Waals surface area contributed by atoms with Crippen molar-refractivity contribution in [1.82, 2.24) is 15.8 Å². The number of rotatable bonds is 9. The summed E-state index contributed by atoms with van der Waals surface area (Å²) in [6, 6.07) is 16.4. The van der Waals surface area contributed by atoms with Gasteiger partial charge in [0.1, 0.15) is 12.2 Å². The van der Waals surface area contributed by atoms with Crippen molar-refractivity contribution in [3.05, 3.63) is 101 Å². The summed E-state index contributed by atoms with van der Waals surface area (Å²) >= 11 is 0. The minimum absolute atomic E-state index is 0.107. The lowest BCUT2D eigenvalue weighted by Crippen LogP contribution is -2.34. The zero-order valence-electron chi connectivity index (χ0n) is 26.2. The molecule has 14 nitrogen and oxygen atoms in total. The molecule has 4 amide bonds. The van der Waals surface area contributed by atoms with E-state index < -0.39 is 24.2 Å². The van der Waals surface area contributed by atoms with Gasteiger partial charge < -0.3 is 34.3 Å². The number of ether oxygens (including phenoxy) is 2. The second-order valence-corrected chi connectivity index (χ2v) is 12.1. The van der Waals surface area contributed by atoms with E-state index in [2.05, 4.69) is 25.5 Å². The first-order valence-electron chi connectivity index (χ1n) is 15.5. The van der Waals surface area contributed by atoms with Gasteiger partial charge in [0.05, 0.1) is 32.4 Å². The second-order valence-electron chi connectivity index (χ2n) is 12.1. The lowest BCUT2D eigenvalue weighted by Gasteiger charge is -2.14. The second kappa shape index (κ2) is 13.1. The summed E-state index contributed by atoms with van der Waals surface area (Å²) in [5.74, 6) is -0.446. The number of hydrogen-bond donors (Lipinski definition) is 2. The Morgan fingerprint density at radius 3 is 1.62 bits per heavy atom. The van der Waals surface area contributed by atoms with Crippen molar-refractivity contribution in [1.29, 1.82) is 0 Å². The smallest absolute Gasteiger partial charge is 0.414 e. The third-order valence-electron chi connectivity index (χ3n) is 8.79. The van der Waals surface area contributed by atoms with Gasteiger partial charge in [0, 0.05) is 61.2 Å². The van der Waals surface area contributed by atoms with Crippen LogP contribution in [0.3, 0.4) is 0 Å². The SMILES string of the molecule is [C-]#[N+]C1(c2ccc(N3C[C@H](CNC(=O)c4ccno4)OC3=O)cc2)CC1.[C-]#[N+]C1(c2ccc(N3C[C@H](CNC(C)=O)OC3=O)cc2)CC1. The van der Waals surface area contributed by atoms with E-state index in [1.165, 1.54) is 24.1 Å². The van der Waals surface area contributed by atoms with Crippen LogP contribution in [0.1, 0.15) is 54.3 Å². The molecule has 0 unspecified atom stereocenters. The summed E-state index contributed by atoms with van der Waals surface area (Å²) in [5, 5.41) is 8.78. The number of anilines is 2. The number of nitrogens with zero attached hydrogens (tertiary/aromatic N) is 5. The van der Waals surface area contributed by atoms with Gasteiger partial charge in [0.15, 0.2) is 0 Å². The fraction of sp³-hybridized carbons (Fsp3) is 0.382. The minimum atomic E-state index is -0.456. The maximum Gasteiger partial charge on any atom is 0.414 e. The first-order valence-corrected chi connectivity index (χ1v) is 15.5. The van der Waals surface area contributed by atoms with Gasteiger partial charge in [-0.05, 0) is 48.5 Å². The maximum atomic E-state index is 12.1. The molecule has 14 heteroatoms. The number of benzene rings is 2. The van der Waals surface area contributed by atoms with Crippen LogP contribution in [0.2, 0.25) is 0 Å². The maximum absolute atomic E-state index is 12.1. The van der Waals surface area contributed by atoms with Gasteiger partial charge in [-0.15, -0.1) is 0 Å². The first-order chi connectivity index (χ1) is 23.1. The Kier molecular flexibility index (Phi) is 8.74. The van der Waals surface area contributed by atoms with E-state index in [1.807, 2.05) is 48.5 Å². The monoisotopic (exact) mass is 651 g/mol. The van der Waals surface area contributed by atoms with Crippen molar-refractivity contribution in [3.8, 4) is 0 Å². The third-order valence-corrected chi connectivity index (χ3v) is 8.79. The molecule has 246 valence electrons. The lowest BCUT2D eigenvalue weighted by molar-refractivity contribution is -0.119. The number of carbonyl (C=O) groups excluding carboxylic acids is 4. The summed E-state index contributed by atoms with van der Waals surface area (Å²) in [6.45, 7) is 17.3.